The molecule has 0 rings (SSSR count). The fourth-order valence-corrected chi connectivity index (χ4v) is 0. The average Bonchev–Trinajstić information content (AvgIpc) is 0.918. The molecule has 0 aliphatic rings. The maximum absolute atomic E-state index is 8.24. The van der Waals surface area contributed by atoms with E-state index < -0.39 is 0 Å². The zero-order valence-electron chi connectivity index (χ0n) is 2.06. The van der Waals surface area contributed by atoms with Crippen molar-refractivity contribution >= 4 is 6.47 Å². The van der Waals surface area contributed by atoms with Crippen molar-refractivity contribution in [2.45, 2.75) is 0 Å². The Hall–Kier alpha value is 0.0934. The van der Waals surface area contributed by atoms with Crippen LogP contribution in [0.5, 0.6) is 0 Å². The largest absolute Gasteiger partial charge is 1.00 e. The van der Waals surface area contributed by atoms with Crippen molar-refractivity contribution in [3.63, 3.8) is 0 Å². The van der Waals surface area contributed by atoms with Gasteiger partial charge in [0.05, 0.1) is 0 Å². The second-order valence-electron chi connectivity index (χ2n) is 0.0913. The van der Waals surface area contributed by atoms with E-state index in [-0.39, 0.29) is 19.5 Å². The average molecular weight is 110 g/mol. The summed E-state index contributed by atoms with van der Waals surface area (Å²) in [5.41, 5.74) is 0. The molecule has 0 spiro atoms. The predicted octanol–water partition coefficient (Wildman–Crippen LogP) is -0.391. The third-order valence-electron chi connectivity index (χ3n) is 0. The Balaban J connectivity index is 0. The topological polar surface area (TPSA) is 37.3 Å². The van der Waals surface area contributed by atoms with Gasteiger partial charge in [0.1, 0.15) is 0 Å². The summed E-state index contributed by atoms with van der Waals surface area (Å²) in [6.45, 7) is 0.500. The van der Waals surface area contributed by atoms with Crippen molar-refractivity contribution in [3.8, 4) is 0 Å². The van der Waals surface area contributed by atoms with Crippen molar-refractivity contribution in [2.75, 3.05) is 0 Å². The van der Waals surface area contributed by atoms with Gasteiger partial charge in [-0.05, 0) is 0 Å². The molecule has 0 heterocycles. The molecule has 19 valence electrons. The summed E-state index contributed by atoms with van der Waals surface area (Å²) >= 11 is 0. The summed E-state index contributed by atoms with van der Waals surface area (Å²) in [7, 11) is 0. The van der Waals surface area contributed by atoms with E-state index in [0.717, 1.165) is 0 Å². The maximum Gasteiger partial charge on any atom is 1.00 e. The van der Waals surface area contributed by atoms with Crippen LogP contribution in [0.1, 0.15) is 0 Å². The van der Waals surface area contributed by atoms with E-state index in [2.05, 4.69) is 0 Å². The Labute approximate surface area is 36.6 Å². The molecule has 0 unspecified atom stereocenters. The van der Waals surface area contributed by atoms with Gasteiger partial charge in [-0.25, -0.2) is 0 Å². The minimum absolute atomic E-state index is 0. The molecular weight excluding hydrogens is 109 g/mol. The van der Waals surface area contributed by atoms with Crippen LogP contribution in [0.25, 0.3) is 0 Å². The van der Waals surface area contributed by atoms with E-state index in [9.17, 15) is 0 Å². The molecule has 0 atom stereocenters. The minimum Gasteiger partial charge on any atom is -0.665 e. The Morgan fingerprint density at radius 3 is 1.75 bits per heavy atom. The molecular formula is CHO2Zn. The van der Waals surface area contributed by atoms with Crippen LogP contribution in [0.15, 0.2) is 0 Å². The van der Waals surface area contributed by atoms with E-state index in [4.69, 9.17) is 9.90 Å². The molecule has 0 aromatic rings. The molecule has 4 heavy (non-hydrogen) atoms. The third-order valence-corrected chi connectivity index (χ3v) is 0. The quantitative estimate of drug-likeness (QED) is 0.341. The number of rotatable bonds is 0. The van der Waals surface area contributed by atoms with Crippen LogP contribution < -0.4 is 0 Å². The molecule has 0 saturated carbocycles. The summed E-state index contributed by atoms with van der Waals surface area (Å²) < 4.78 is 0. The van der Waals surface area contributed by atoms with Gasteiger partial charge in [-0.2, -0.15) is 0 Å². The van der Waals surface area contributed by atoms with Crippen LogP contribution in [-0.4, -0.2) is 11.6 Å². The Kier molecular flexibility index (Phi) is 25.3. The zero-order chi connectivity index (χ0) is 2.71. The molecule has 0 aromatic carbocycles. The normalized spacial score (nSPS) is 3.00. The number of aliphatic hydroxyl groups excluding tert-OH is 1. The van der Waals surface area contributed by atoms with Crippen LogP contribution >= 0.6 is 0 Å². The smallest absolute Gasteiger partial charge is 0.665 e. The molecule has 1 N–H and O–H groups in total. The van der Waals surface area contributed by atoms with Crippen molar-refractivity contribution in [1.82, 2.24) is 0 Å². The summed E-state index contributed by atoms with van der Waals surface area (Å²) in [6, 6.07) is 0. The summed E-state index contributed by atoms with van der Waals surface area (Å²) in [4.78, 5) is 8.24. The number of hydrogen-bond donors (Lipinski definition) is 1. The molecule has 0 amide bonds. The van der Waals surface area contributed by atoms with Crippen molar-refractivity contribution in [2.24, 2.45) is 0 Å². The first kappa shape index (κ1) is 8.94. The van der Waals surface area contributed by atoms with E-state index in [1.54, 1.807) is 0 Å². The van der Waals surface area contributed by atoms with Gasteiger partial charge in [-0.1, -0.05) is 6.47 Å². The van der Waals surface area contributed by atoms with Gasteiger partial charge in [0.2, 0.25) is 0 Å². The van der Waals surface area contributed by atoms with Crippen molar-refractivity contribution in [3.05, 3.63) is 0 Å². The second-order valence-corrected chi connectivity index (χ2v) is 0.0913. The number of hydrogen-bond acceptors (Lipinski definition) is 1. The molecule has 0 aliphatic heterocycles. The molecule has 2 nitrogen and oxygen atoms in total. The molecule has 0 saturated heterocycles. The Morgan fingerprint density at radius 2 is 1.75 bits per heavy atom. The molecule has 0 fully saturated rings. The molecule has 0 bridgehead atoms. The first-order valence-corrected chi connectivity index (χ1v) is 0.428. The Morgan fingerprint density at radius 1 is 1.75 bits per heavy atom. The maximum atomic E-state index is 8.24. The van der Waals surface area contributed by atoms with Gasteiger partial charge in [-0.3, -0.25) is 0 Å². The van der Waals surface area contributed by atoms with E-state index in [0.29, 0.717) is 6.47 Å². The SMILES string of the molecule is O=[C-]O.[Zn+]. The van der Waals surface area contributed by atoms with Crippen molar-refractivity contribution in [1.29, 1.82) is 0 Å². The van der Waals surface area contributed by atoms with Gasteiger partial charge in [0.25, 0.3) is 0 Å². The third kappa shape index (κ3) is 287. The van der Waals surface area contributed by atoms with E-state index in [1.165, 1.54) is 0 Å². The van der Waals surface area contributed by atoms with Crippen molar-refractivity contribution < 1.29 is 29.4 Å². The molecule has 0 aromatic heterocycles. The fraction of sp³-hybridized carbons (Fsp3) is 0. The summed E-state index contributed by atoms with van der Waals surface area (Å²) in [5, 5.41) is 6.76. The van der Waals surface area contributed by atoms with Gasteiger partial charge in [-0.15, -0.1) is 0 Å². The molecule has 1 radical (unpaired) electrons. The predicted molar refractivity (Wildman–Crippen MR) is 8.32 cm³/mol. The Bertz CT molecular complexity index is 13.5. The first-order valence-electron chi connectivity index (χ1n) is 0.428. The first-order chi connectivity index (χ1) is 1.41. The summed E-state index contributed by atoms with van der Waals surface area (Å²) in [6.07, 6.45) is 0. The molecule has 0 aliphatic carbocycles. The van der Waals surface area contributed by atoms with Gasteiger partial charge in [0.15, 0.2) is 0 Å². The van der Waals surface area contributed by atoms with Gasteiger partial charge < -0.3 is 9.90 Å². The standard InChI is InChI=1S/CHO2.Zn/c2-1-3;/h(H,2,3);/q-1;+1. The van der Waals surface area contributed by atoms with E-state index >= 15 is 0 Å². The summed E-state index contributed by atoms with van der Waals surface area (Å²) in [5.74, 6) is 0. The zero-order valence-corrected chi connectivity index (χ0v) is 5.03. The monoisotopic (exact) mass is 109 g/mol. The van der Waals surface area contributed by atoms with Crippen LogP contribution in [0.3, 0.4) is 0 Å². The fourth-order valence-electron chi connectivity index (χ4n) is 0. The van der Waals surface area contributed by atoms with Crippen LogP contribution in [0, 0.1) is 0 Å². The second kappa shape index (κ2) is 11.3. The van der Waals surface area contributed by atoms with Crippen LogP contribution in [0.2, 0.25) is 0 Å². The minimum atomic E-state index is 0. The van der Waals surface area contributed by atoms with Crippen LogP contribution in [-0.2, 0) is 24.3 Å². The van der Waals surface area contributed by atoms with Gasteiger partial charge in [0, 0.05) is 0 Å². The van der Waals surface area contributed by atoms with Crippen LogP contribution in [0.4, 0.5) is 0 Å². The van der Waals surface area contributed by atoms with E-state index in [1.807, 2.05) is 0 Å². The molecule has 3 heteroatoms. The van der Waals surface area contributed by atoms with Gasteiger partial charge >= 0.3 is 19.5 Å².